The number of benzene rings is 1. The summed E-state index contributed by atoms with van der Waals surface area (Å²) in [5.74, 6) is -0.444. The summed E-state index contributed by atoms with van der Waals surface area (Å²) in [6, 6.07) is 5.35. The van der Waals surface area contributed by atoms with Crippen molar-refractivity contribution in [3.63, 3.8) is 0 Å². The Morgan fingerprint density at radius 1 is 1.55 bits per heavy atom. The molecule has 0 saturated heterocycles. The van der Waals surface area contributed by atoms with Crippen LogP contribution in [0.5, 0.6) is 0 Å². The molecule has 58 valence electrons. The van der Waals surface area contributed by atoms with Gasteiger partial charge in [0.25, 0.3) is 0 Å². The fourth-order valence-electron chi connectivity index (χ4n) is 0.714. The van der Waals surface area contributed by atoms with Crippen LogP contribution in [0.2, 0.25) is 0 Å². The normalized spacial score (nSPS) is 11.5. The van der Waals surface area contributed by atoms with E-state index in [2.05, 4.69) is 0 Å². The molecule has 0 saturated carbocycles. The van der Waals surface area contributed by atoms with E-state index >= 15 is 0 Å². The Morgan fingerprint density at radius 2 is 2.27 bits per heavy atom. The van der Waals surface area contributed by atoms with Crippen LogP contribution >= 0.6 is 0 Å². The third-order valence-electron chi connectivity index (χ3n) is 1.11. The minimum absolute atomic E-state index is 0.322. The van der Waals surface area contributed by atoms with E-state index in [0.29, 0.717) is 5.56 Å². The summed E-state index contributed by atoms with van der Waals surface area (Å²) in [6.07, 6.45) is 0.864. The van der Waals surface area contributed by atoms with Crippen LogP contribution in [0.4, 0.5) is 4.39 Å². The molecule has 1 rings (SSSR count). The molecule has 0 bridgehead atoms. The second-order valence-electron chi connectivity index (χ2n) is 1.99. The first-order valence-electron chi connectivity index (χ1n) is 2.94. The van der Waals surface area contributed by atoms with Gasteiger partial charge in [0.1, 0.15) is 5.82 Å². The Hall–Kier alpha value is -1.58. The first kappa shape index (κ1) is 7.53. The third kappa shape index (κ3) is 2.25. The second kappa shape index (κ2) is 3.01. The minimum atomic E-state index is -0.444. The van der Waals surface area contributed by atoms with Crippen molar-refractivity contribution in [3.05, 3.63) is 40.9 Å². The molecule has 0 spiro atoms. The van der Waals surface area contributed by atoms with Gasteiger partial charge in [0.15, 0.2) is 0 Å². The van der Waals surface area contributed by atoms with Crippen molar-refractivity contribution in [2.45, 2.75) is 0 Å². The number of halogens is 1. The van der Waals surface area contributed by atoms with Crippen molar-refractivity contribution in [1.29, 1.82) is 0 Å². The Bertz CT molecular complexity index is 282. The van der Waals surface area contributed by atoms with E-state index in [1.54, 1.807) is 0 Å². The highest BCUT2D eigenvalue weighted by atomic mass is 19.1. The molecule has 1 aromatic rings. The lowest BCUT2D eigenvalue weighted by atomic mass is 10.2. The van der Waals surface area contributed by atoms with E-state index < -0.39 is 5.82 Å². The van der Waals surface area contributed by atoms with Crippen molar-refractivity contribution in [2.75, 3.05) is 0 Å². The Labute approximate surface area is 62.6 Å². The maximum Gasteiger partial charge on any atom is 0.240 e. The summed E-state index contributed by atoms with van der Waals surface area (Å²) in [5.41, 5.74) is 0.322. The van der Waals surface area contributed by atoms with Gasteiger partial charge < -0.3 is 5.21 Å². The van der Waals surface area contributed by atoms with Crippen LogP contribution in [0.3, 0.4) is 0 Å². The minimum Gasteiger partial charge on any atom is -0.418 e. The summed E-state index contributed by atoms with van der Waals surface area (Å²) >= 11 is 0. The SMILES string of the molecule is [O-]/[N+](O)=C/c1cccc(F)c1. The molecule has 0 unspecified atom stereocenters. The van der Waals surface area contributed by atoms with Crippen molar-refractivity contribution < 1.29 is 14.5 Å². The highest BCUT2D eigenvalue weighted by Gasteiger charge is 1.95. The highest BCUT2D eigenvalue weighted by Crippen LogP contribution is 1.99. The largest absolute Gasteiger partial charge is 0.418 e. The molecule has 0 aliphatic rings. The molecular weight excluding hydrogens is 149 g/mol. The summed E-state index contributed by atoms with van der Waals surface area (Å²) in [5, 5.41) is 18.2. The number of nitrogens with zero attached hydrogens (tertiary/aromatic N) is 1. The van der Waals surface area contributed by atoms with Crippen LogP contribution in [-0.4, -0.2) is 16.3 Å². The van der Waals surface area contributed by atoms with Crippen molar-refractivity contribution in [1.82, 2.24) is 0 Å². The number of rotatable bonds is 1. The Morgan fingerprint density at radius 3 is 2.82 bits per heavy atom. The zero-order chi connectivity index (χ0) is 8.27. The molecule has 0 aliphatic carbocycles. The van der Waals surface area contributed by atoms with Gasteiger partial charge in [-0.05, 0) is 18.2 Å². The molecule has 0 fully saturated rings. The fraction of sp³-hybridized carbons (Fsp3) is 0. The zero-order valence-electron chi connectivity index (χ0n) is 5.57. The summed E-state index contributed by atoms with van der Waals surface area (Å²) in [7, 11) is 0. The van der Waals surface area contributed by atoms with Crippen LogP contribution in [-0.2, 0) is 0 Å². The van der Waals surface area contributed by atoms with Gasteiger partial charge in [0, 0.05) is 10.5 Å². The molecule has 11 heavy (non-hydrogen) atoms. The molecule has 0 radical (unpaired) electrons. The quantitative estimate of drug-likeness (QED) is 0.286. The predicted molar refractivity (Wildman–Crippen MR) is 37.0 cm³/mol. The second-order valence-corrected chi connectivity index (χ2v) is 1.99. The number of hydrogen-bond acceptors (Lipinski definition) is 2. The van der Waals surface area contributed by atoms with Crippen molar-refractivity contribution in [3.8, 4) is 0 Å². The molecule has 3 nitrogen and oxygen atoms in total. The maximum atomic E-state index is 12.4. The van der Waals surface area contributed by atoms with Crippen LogP contribution in [0.1, 0.15) is 5.56 Å². The van der Waals surface area contributed by atoms with E-state index in [-0.39, 0.29) is 4.90 Å². The molecule has 1 aromatic carbocycles. The molecule has 0 amide bonds. The smallest absolute Gasteiger partial charge is 0.240 e. The summed E-state index contributed by atoms with van der Waals surface area (Å²) in [6.45, 7) is 0. The van der Waals surface area contributed by atoms with Crippen molar-refractivity contribution >= 4 is 6.21 Å². The monoisotopic (exact) mass is 155 g/mol. The fourth-order valence-corrected chi connectivity index (χ4v) is 0.714. The van der Waals surface area contributed by atoms with Gasteiger partial charge in [-0.25, -0.2) is 4.39 Å². The average molecular weight is 155 g/mol. The van der Waals surface area contributed by atoms with E-state index in [1.165, 1.54) is 18.2 Å². The lowest BCUT2D eigenvalue weighted by Crippen LogP contribution is -1.98. The van der Waals surface area contributed by atoms with Gasteiger partial charge in [-0.15, -0.1) is 0 Å². The van der Waals surface area contributed by atoms with Gasteiger partial charge in [0.05, 0.1) is 0 Å². The zero-order valence-corrected chi connectivity index (χ0v) is 5.57. The maximum absolute atomic E-state index is 12.4. The first-order valence-corrected chi connectivity index (χ1v) is 2.94. The Balaban J connectivity index is 2.97. The molecule has 0 heterocycles. The van der Waals surface area contributed by atoms with E-state index in [9.17, 15) is 9.60 Å². The summed E-state index contributed by atoms with van der Waals surface area (Å²) < 4.78 is 12.4. The molecule has 4 heteroatoms. The molecule has 0 atom stereocenters. The molecule has 0 aromatic heterocycles. The van der Waals surface area contributed by atoms with Crippen LogP contribution in [0, 0.1) is 11.0 Å². The predicted octanol–water partition coefficient (Wildman–Crippen LogP) is 1.14. The standard InChI is InChI=1S/C7H6FNO2/c8-7-3-1-2-6(4-7)5-9(10)11/h1-5H,(H,10,11). The summed E-state index contributed by atoms with van der Waals surface area (Å²) in [4.78, 5) is -0.366. The van der Waals surface area contributed by atoms with E-state index in [0.717, 1.165) is 12.3 Å². The van der Waals surface area contributed by atoms with E-state index in [1.807, 2.05) is 0 Å². The topological polar surface area (TPSA) is 46.3 Å². The van der Waals surface area contributed by atoms with Crippen molar-refractivity contribution in [2.24, 2.45) is 0 Å². The number of hydrogen-bond donors (Lipinski definition) is 1. The van der Waals surface area contributed by atoms with Gasteiger partial charge in [-0.1, -0.05) is 6.07 Å². The van der Waals surface area contributed by atoms with Gasteiger partial charge in [-0.3, -0.25) is 5.21 Å². The van der Waals surface area contributed by atoms with Gasteiger partial charge in [-0.2, -0.15) is 0 Å². The molecule has 0 aliphatic heterocycles. The van der Waals surface area contributed by atoms with E-state index in [4.69, 9.17) is 5.21 Å². The Kier molecular flexibility index (Phi) is 2.06. The average Bonchev–Trinajstić information content (AvgIpc) is 1.85. The van der Waals surface area contributed by atoms with Gasteiger partial charge >= 0.3 is 0 Å². The lowest BCUT2D eigenvalue weighted by Gasteiger charge is -1.89. The first-order chi connectivity index (χ1) is 5.18. The highest BCUT2D eigenvalue weighted by molar-refractivity contribution is 5.75. The lowest BCUT2D eigenvalue weighted by molar-refractivity contribution is -0.722. The van der Waals surface area contributed by atoms with Crippen LogP contribution in [0.25, 0.3) is 0 Å². The van der Waals surface area contributed by atoms with Crippen LogP contribution < -0.4 is 0 Å². The molecule has 1 N–H and O–H groups in total. The van der Waals surface area contributed by atoms with Gasteiger partial charge in [0.2, 0.25) is 6.21 Å². The molecular formula is C7H6FNO2. The van der Waals surface area contributed by atoms with Crippen LogP contribution in [0.15, 0.2) is 24.3 Å². The third-order valence-corrected chi connectivity index (χ3v) is 1.11.